The van der Waals surface area contributed by atoms with E-state index in [9.17, 15) is 0 Å². The Morgan fingerprint density at radius 2 is 1.64 bits per heavy atom. The van der Waals surface area contributed by atoms with Crippen molar-refractivity contribution in [3.8, 4) is 0 Å². The lowest BCUT2D eigenvalue weighted by atomic mass is 10.1. The average molecular weight is 191 g/mol. The van der Waals surface area contributed by atoms with Gasteiger partial charge in [0, 0.05) is 6.54 Å². The molecule has 1 aromatic rings. The van der Waals surface area contributed by atoms with Gasteiger partial charge in [-0.3, -0.25) is 0 Å². The van der Waals surface area contributed by atoms with Gasteiger partial charge in [-0.05, 0) is 30.0 Å². The normalized spacial score (nSPS) is 10.9. The minimum atomic E-state index is 0.727. The molecule has 0 bridgehead atoms. The van der Waals surface area contributed by atoms with Crippen LogP contribution >= 0.6 is 0 Å². The summed E-state index contributed by atoms with van der Waals surface area (Å²) in [4.78, 5) is 0. The van der Waals surface area contributed by atoms with Crippen molar-refractivity contribution in [2.75, 3.05) is 6.54 Å². The van der Waals surface area contributed by atoms with E-state index in [-0.39, 0.29) is 0 Å². The Morgan fingerprint density at radius 3 is 2.14 bits per heavy atom. The minimum absolute atomic E-state index is 0.727. The van der Waals surface area contributed by atoms with Crippen LogP contribution in [0.2, 0.25) is 0 Å². The van der Waals surface area contributed by atoms with Gasteiger partial charge in [0.05, 0.1) is 0 Å². The molecule has 0 aliphatic carbocycles. The van der Waals surface area contributed by atoms with Crippen molar-refractivity contribution in [2.24, 2.45) is 5.92 Å². The summed E-state index contributed by atoms with van der Waals surface area (Å²) in [5.41, 5.74) is 2.79. The van der Waals surface area contributed by atoms with E-state index >= 15 is 0 Å². The zero-order chi connectivity index (χ0) is 10.4. The third kappa shape index (κ3) is 3.93. The van der Waals surface area contributed by atoms with Crippen LogP contribution in [0.4, 0.5) is 0 Å². The molecule has 78 valence electrons. The molecule has 1 rings (SSSR count). The van der Waals surface area contributed by atoms with Crippen LogP contribution < -0.4 is 5.32 Å². The Hall–Kier alpha value is -0.820. The summed E-state index contributed by atoms with van der Waals surface area (Å²) in [6.45, 7) is 8.73. The first-order valence-corrected chi connectivity index (χ1v) is 5.51. The summed E-state index contributed by atoms with van der Waals surface area (Å²) >= 11 is 0. The second-order valence-corrected chi connectivity index (χ2v) is 4.19. The number of rotatable bonds is 5. The molecule has 0 heterocycles. The van der Waals surface area contributed by atoms with E-state index in [0.29, 0.717) is 0 Å². The Balaban J connectivity index is 2.36. The van der Waals surface area contributed by atoms with Gasteiger partial charge in [0.1, 0.15) is 0 Å². The molecule has 0 radical (unpaired) electrons. The lowest BCUT2D eigenvalue weighted by Gasteiger charge is -2.07. The van der Waals surface area contributed by atoms with E-state index in [2.05, 4.69) is 50.4 Å². The van der Waals surface area contributed by atoms with Crippen LogP contribution in [0.1, 0.15) is 31.9 Å². The monoisotopic (exact) mass is 191 g/mol. The number of benzene rings is 1. The Labute approximate surface area is 87.5 Å². The zero-order valence-electron chi connectivity index (χ0n) is 9.51. The SMILES string of the molecule is CCc1ccc(CNCC(C)C)cc1. The van der Waals surface area contributed by atoms with Gasteiger partial charge in [0.25, 0.3) is 0 Å². The molecule has 14 heavy (non-hydrogen) atoms. The summed E-state index contributed by atoms with van der Waals surface area (Å²) in [5, 5.41) is 3.44. The van der Waals surface area contributed by atoms with Crippen LogP contribution in [-0.4, -0.2) is 6.54 Å². The topological polar surface area (TPSA) is 12.0 Å². The Morgan fingerprint density at radius 1 is 1.07 bits per heavy atom. The highest BCUT2D eigenvalue weighted by Gasteiger charge is 1.95. The Bertz CT molecular complexity index is 248. The van der Waals surface area contributed by atoms with Gasteiger partial charge in [-0.1, -0.05) is 45.0 Å². The molecular weight excluding hydrogens is 170 g/mol. The zero-order valence-corrected chi connectivity index (χ0v) is 9.51. The average Bonchev–Trinajstić information content (AvgIpc) is 2.18. The van der Waals surface area contributed by atoms with Crippen LogP contribution in [0.5, 0.6) is 0 Å². The van der Waals surface area contributed by atoms with E-state index in [1.165, 1.54) is 11.1 Å². The summed E-state index contributed by atoms with van der Waals surface area (Å²) in [6.07, 6.45) is 1.12. The van der Waals surface area contributed by atoms with Crippen molar-refractivity contribution in [2.45, 2.75) is 33.7 Å². The molecule has 0 amide bonds. The van der Waals surface area contributed by atoms with Crippen LogP contribution in [0.25, 0.3) is 0 Å². The van der Waals surface area contributed by atoms with Crippen molar-refractivity contribution >= 4 is 0 Å². The van der Waals surface area contributed by atoms with Gasteiger partial charge in [-0.15, -0.1) is 0 Å². The standard InChI is InChI=1S/C13H21N/c1-4-12-5-7-13(8-6-12)10-14-9-11(2)3/h5-8,11,14H,4,9-10H2,1-3H3. The van der Waals surface area contributed by atoms with E-state index in [0.717, 1.165) is 25.4 Å². The molecule has 0 aromatic heterocycles. The predicted molar refractivity (Wildman–Crippen MR) is 62.4 cm³/mol. The third-order valence-corrected chi connectivity index (χ3v) is 2.31. The lowest BCUT2D eigenvalue weighted by molar-refractivity contribution is 0.552. The summed E-state index contributed by atoms with van der Waals surface area (Å²) in [5.74, 6) is 0.727. The molecule has 1 heteroatoms. The molecule has 0 saturated heterocycles. The van der Waals surface area contributed by atoms with Gasteiger partial charge in [0.15, 0.2) is 0 Å². The van der Waals surface area contributed by atoms with E-state index in [1.54, 1.807) is 0 Å². The Kier molecular flexibility index (Phi) is 4.68. The molecule has 0 saturated carbocycles. The molecule has 0 spiro atoms. The fourth-order valence-electron chi connectivity index (χ4n) is 1.40. The summed E-state index contributed by atoms with van der Waals surface area (Å²) < 4.78 is 0. The molecule has 0 aliphatic heterocycles. The van der Waals surface area contributed by atoms with Gasteiger partial charge in [-0.2, -0.15) is 0 Å². The van der Waals surface area contributed by atoms with Crippen molar-refractivity contribution in [1.82, 2.24) is 5.32 Å². The summed E-state index contributed by atoms with van der Waals surface area (Å²) in [7, 11) is 0. The molecule has 0 fully saturated rings. The largest absolute Gasteiger partial charge is 0.312 e. The highest BCUT2D eigenvalue weighted by Crippen LogP contribution is 2.04. The van der Waals surface area contributed by atoms with Crippen molar-refractivity contribution in [3.63, 3.8) is 0 Å². The van der Waals surface area contributed by atoms with E-state index in [4.69, 9.17) is 0 Å². The first-order chi connectivity index (χ1) is 6.72. The molecule has 0 unspecified atom stereocenters. The lowest BCUT2D eigenvalue weighted by Crippen LogP contribution is -2.18. The van der Waals surface area contributed by atoms with Gasteiger partial charge >= 0.3 is 0 Å². The van der Waals surface area contributed by atoms with Gasteiger partial charge in [-0.25, -0.2) is 0 Å². The van der Waals surface area contributed by atoms with E-state index < -0.39 is 0 Å². The van der Waals surface area contributed by atoms with Gasteiger partial charge < -0.3 is 5.32 Å². The second kappa shape index (κ2) is 5.82. The van der Waals surface area contributed by atoms with Gasteiger partial charge in [0.2, 0.25) is 0 Å². The molecular formula is C13H21N. The molecule has 1 nitrogen and oxygen atoms in total. The molecule has 1 N–H and O–H groups in total. The van der Waals surface area contributed by atoms with E-state index in [1.807, 2.05) is 0 Å². The first kappa shape index (κ1) is 11.3. The van der Waals surface area contributed by atoms with Crippen molar-refractivity contribution in [3.05, 3.63) is 35.4 Å². The maximum atomic E-state index is 3.44. The number of hydrogen-bond acceptors (Lipinski definition) is 1. The third-order valence-electron chi connectivity index (χ3n) is 2.31. The van der Waals surface area contributed by atoms with Crippen LogP contribution in [-0.2, 0) is 13.0 Å². The quantitative estimate of drug-likeness (QED) is 0.754. The summed E-state index contributed by atoms with van der Waals surface area (Å²) in [6, 6.07) is 8.86. The number of aryl methyl sites for hydroxylation is 1. The predicted octanol–water partition coefficient (Wildman–Crippen LogP) is 2.99. The van der Waals surface area contributed by atoms with Crippen molar-refractivity contribution < 1.29 is 0 Å². The molecule has 0 aliphatic rings. The maximum absolute atomic E-state index is 3.44. The van der Waals surface area contributed by atoms with Crippen LogP contribution in [0.3, 0.4) is 0 Å². The smallest absolute Gasteiger partial charge is 0.0205 e. The highest BCUT2D eigenvalue weighted by atomic mass is 14.8. The molecule has 0 atom stereocenters. The van der Waals surface area contributed by atoms with Crippen molar-refractivity contribution in [1.29, 1.82) is 0 Å². The second-order valence-electron chi connectivity index (χ2n) is 4.19. The maximum Gasteiger partial charge on any atom is 0.0205 e. The number of nitrogens with one attached hydrogen (secondary N) is 1. The minimum Gasteiger partial charge on any atom is -0.312 e. The van der Waals surface area contributed by atoms with Crippen LogP contribution in [0, 0.1) is 5.92 Å². The van der Waals surface area contributed by atoms with Crippen LogP contribution in [0.15, 0.2) is 24.3 Å². The fourth-order valence-corrected chi connectivity index (χ4v) is 1.40. The molecule has 1 aromatic carbocycles. The first-order valence-electron chi connectivity index (χ1n) is 5.51. The highest BCUT2D eigenvalue weighted by molar-refractivity contribution is 5.22. The number of hydrogen-bond donors (Lipinski definition) is 1. The fraction of sp³-hybridized carbons (Fsp3) is 0.538.